The van der Waals surface area contributed by atoms with Crippen LogP contribution in [-0.2, 0) is 0 Å². The van der Waals surface area contributed by atoms with E-state index in [1.165, 1.54) is 0 Å². The largest absolute Gasteiger partial charge is 0.385 e. The van der Waals surface area contributed by atoms with Gasteiger partial charge in [0.25, 0.3) is 0 Å². The zero-order valence-electron chi connectivity index (χ0n) is 7.35. The lowest BCUT2D eigenvalue weighted by molar-refractivity contribution is 0.130. The Morgan fingerprint density at radius 1 is 1.55 bits per heavy atom. The average Bonchev–Trinajstić information content (AvgIpc) is 2.47. The zero-order valence-corrected chi connectivity index (χ0v) is 7.35. The molecule has 0 radical (unpaired) electrons. The number of fused-ring (bicyclic) bond motifs is 1. The number of aliphatic hydroxyl groups is 1. The third-order valence-electron chi connectivity index (χ3n) is 3.83. The summed E-state index contributed by atoms with van der Waals surface area (Å²) in [5, 5.41) is 10.1. The first-order chi connectivity index (χ1) is 5.03. The Morgan fingerprint density at radius 3 is 2.36 bits per heavy atom. The molecule has 0 heterocycles. The Bertz CT molecular complexity index is 215. The summed E-state index contributed by atoms with van der Waals surface area (Å²) >= 11 is 0. The molecule has 0 aromatic rings. The van der Waals surface area contributed by atoms with Gasteiger partial charge in [0.15, 0.2) is 0 Å². The molecule has 2 aliphatic rings. The van der Waals surface area contributed by atoms with Gasteiger partial charge in [-0.15, -0.1) is 0 Å². The lowest BCUT2D eigenvalue weighted by atomic mass is 9.89. The highest BCUT2D eigenvalue weighted by molar-refractivity contribution is 5.38. The monoisotopic (exact) mass is 152 g/mol. The fourth-order valence-electron chi connectivity index (χ4n) is 2.74. The summed E-state index contributed by atoms with van der Waals surface area (Å²) in [5.41, 5.74) is 0.844. The maximum Gasteiger partial charge on any atom is 0.0920 e. The van der Waals surface area contributed by atoms with Gasteiger partial charge >= 0.3 is 0 Å². The summed E-state index contributed by atoms with van der Waals surface area (Å²) in [5.74, 6) is 0.603. The van der Waals surface area contributed by atoms with E-state index in [1.807, 2.05) is 0 Å². The van der Waals surface area contributed by atoms with Crippen molar-refractivity contribution in [1.82, 2.24) is 0 Å². The minimum atomic E-state index is -0.457. The van der Waals surface area contributed by atoms with Gasteiger partial charge in [-0.1, -0.05) is 20.4 Å². The number of hydrogen-bond donors (Lipinski definition) is 1. The second-order valence-electron chi connectivity index (χ2n) is 4.45. The Kier molecular flexibility index (Phi) is 1.15. The Morgan fingerprint density at radius 2 is 2.18 bits per heavy atom. The van der Waals surface area contributed by atoms with Crippen LogP contribution in [0.5, 0.6) is 0 Å². The van der Waals surface area contributed by atoms with Crippen molar-refractivity contribution in [1.29, 1.82) is 0 Å². The van der Waals surface area contributed by atoms with Crippen molar-refractivity contribution < 1.29 is 5.11 Å². The second kappa shape index (κ2) is 1.71. The summed E-state index contributed by atoms with van der Waals surface area (Å²) in [7, 11) is 0. The molecule has 11 heavy (non-hydrogen) atoms. The van der Waals surface area contributed by atoms with Crippen LogP contribution in [0.15, 0.2) is 12.2 Å². The first kappa shape index (κ1) is 7.35. The van der Waals surface area contributed by atoms with Crippen LogP contribution < -0.4 is 0 Å². The molecule has 2 atom stereocenters. The molecule has 1 nitrogen and oxygen atoms in total. The predicted molar refractivity (Wildman–Crippen MR) is 45.2 cm³/mol. The van der Waals surface area contributed by atoms with Crippen molar-refractivity contribution in [3.63, 3.8) is 0 Å². The fraction of sp³-hybridized carbons (Fsp3) is 0.800. The summed E-state index contributed by atoms with van der Waals surface area (Å²) in [6.07, 6.45) is 3.16. The highest BCUT2D eigenvalue weighted by Crippen LogP contribution is 2.71. The molecule has 2 aliphatic carbocycles. The fourth-order valence-corrected chi connectivity index (χ4v) is 2.74. The summed E-state index contributed by atoms with van der Waals surface area (Å²) in [6.45, 7) is 8.34. The molecule has 2 rings (SSSR count). The minimum Gasteiger partial charge on any atom is -0.385 e. The van der Waals surface area contributed by atoms with Gasteiger partial charge in [-0.2, -0.15) is 0 Å². The molecule has 0 bridgehead atoms. The molecule has 2 unspecified atom stereocenters. The van der Waals surface area contributed by atoms with Crippen LogP contribution in [0.25, 0.3) is 0 Å². The van der Waals surface area contributed by atoms with Gasteiger partial charge in [0, 0.05) is 5.41 Å². The smallest absolute Gasteiger partial charge is 0.0920 e. The Labute approximate surface area is 68.1 Å². The van der Waals surface area contributed by atoms with E-state index >= 15 is 0 Å². The Hall–Kier alpha value is -0.300. The second-order valence-corrected chi connectivity index (χ2v) is 4.45. The van der Waals surface area contributed by atoms with Crippen LogP contribution in [0.2, 0.25) is 0 Å². The maximum atomic E-state index is 10.1. The number of rotatable bonds is 1. The molecule has 1 heteroatoms. The lowest BCUT2D eigenvalue weighted by Crippen LogP contribution is -2.19. The van der Waals surface area contributed by atoms with Crippen LogP contribution in [-0.4, -0.2) is 10.7 Å². The van der Waals surface area contributed by atoms with Gasteiger partial charge in [-0.05, 0) is 30.8 Å². The van der Waals surface area contributed by atoms with E-state index in [1.54, 1.807) is 0 Å². The topological polar surface area (TPSA) is 20.2 Å². The average molecular weight is 152 g/mol. The lowest BCUT2D eigenvalue weighted by Gasteiger charge is -2.17. The molecular weight excluding hydrogens is 136 g/mol. The van der Waals surface area contributed by atoms with E-state index in [2.05, 4.69) is 20.4 Å². The maximum absolute atomic E-state index is 10.1. The van der Waals surface area contributed by atoms with E-state index in [4.69, 9.17) is 0 Å². The third-order valence-corrected chi connectivity index (χ3v) is 3.83. The molecular formula is C10H16O. The molecule has 0 amide bonds. The summed E-state index contributed by atoms with van der Waals surface area (Å²) in [4.78, 5) is 0. The molecule has 0 aromatic carbocycles. The van der Waals surface area contributed by atoms with E-state index in [-0.39, 0.29) is 5.41 Å². The number of hydrogen-bond acceptors (Lipinski definition) is 1. The van der Waals surface area contributed by atoms with Crippen molar-refractivity contribution in [2.75, 3.05) is 0 Å². The van der Waals surface area contributed by atoms with Crippen molar-refractivity contribution in [2.24, 2.45) is 11.3 Å². The van der Waals surface area contributed by atoms with Crippen molar-refractivity contribution in [3.8, 4) is 0 Å². The molecule has 0 aliphatic heterocycles. The van der Waals surface area contributed by atoms with Crippen LogP contribution in [0, 0.1) is 11.3 Å². The highest BCUT2D eigenvalue weighted by Gasteiger charge is 2.72. The van der Waals surface area contributed by atoms with Crippen LogP contribution in [0.4, 0.5) is 0 Å². The van der Waals surface area contributed by atoms with Crippen LogP contribution in [0.3, 0.4) is 0 Å². The van der Waals surface area contributed by atoms with Crippen molar-refractivity contribution in [2.45, 2.75) is 38.7 Å². The standard InChI is InChI=1S/C10H16O/c1-7(2)9-5-4-8(3)10(9,11)6-9/h7,11H,3-6H2,1-2H3. The van der Waals surface area contributed by atoms with Crippen molar-refractivity contribution in [3.05, 3.63) is 12.2 Å². The van der Waals surface area contributed by atoms with E-state index in [0.717, 1.165) is 24.8 Å². The van der Waals surface area contributed by atoms with Gasteiger partial charge in [-0.3, -0.25) is 0 Å². The van der Waals surface area contributed by atoms with E-state index < -0.39 is 5.60 Å². The minimum absolute atomic E-state index is 0.226. The van der Waals surface area contributed by atoms with E-state index in [9.17, 15) is 5.11 Å². The van der Waals surface area contributed by atoms with Crippen LogP contribution in [0.1, 0.15) is 33.1 Å². The quantitative estimate of drug-likeness (QED) is 0.570. The van der Waals surface area contributed by atoms with Gasteiger partial charge < -0.3 is 5.11 Å². The first-order valence-corrected chi connectivity index (χ1v) is 4.43. The Balaban J connectivity index is 2.30. The molecule has 62 valence electrons. The normalized spacial score (nSPS) is 48.2. The summed E-state index contributed by atoms with van der Waals surface area (Å²) in [6, 6.07) is 0. The zero-order chi connectivity index (χ0) is 8.28. The molecule has 2 saturated carbocycles. The van der Waals surface area contributed by atoms with Gasteiger partial charge in [0.1, 0.15) is 0 Å². The molecule has 0 saturated heterocycles. The third kappa shape index (κ3) is 0.610. The SMILES string of the molecule is C=C1CCC2(C(C)C)CC12O. The van der Waals surface area contributed by atoms with E-state index in [0.29, 0.717) is 5.92 Å². The molecule has 1 N–H and O–H groups in total. The van der Waals surface area contributed by atoms with Crippen LogP contribution >= 0.6 is 0 Å². The van der Waals surface area contributed by atoms with Gasteiger partial charge in [-0.25, -0.2) is 0 Å². The first-order valence-electron chi connectivity index (χ1n) is 4.43. The van der Waals surface area contributed by atoms with Crippen molar-refractivity contribution >= 4 is 0 Å². The summed E-state index contributed by atoms with van der Waals surface area (Å²) < 4.78 is 0. The highest BCUT2D eigenvalue weighted by atomic mass is 16.3. The molecule has 0 spiro atoms. The molecule has 0 aromatic heterocycles. The molecule has 2 fully saturated rings. The van der Waals surface area contributed by atoms with Gasteiger partial charge in [0.2, 0.25) is 0 Å². The predicted octanol–water partition coefficient (Wildman–Crippen LogP) is 2.11. The van der Waals surface area contributed by atoms with Gasteiger partial charge in [0.05, 0.1) is 5.60 Å².